The quantitative estimate of drug-likeness (QED) is 0.849. The highest BCUT2D eigenvalue weighted by molar-refractivity contribution is 4.98. The van der Waals surface area contributed by atoms with Gasteiger partial charge in [-0.3, -0.25) is 4.90 Å². The first-order valence-corrected chi connectivity index (χ1v) is 8.40. The van der Waals surface area contributed by atoms with Gasteiger partial charge in [0, 0.05) is 30.8 Å². The molecule has 0 radical (unpaired) electrons. The molecule has 3 heterocycles. The fraction of sp³-hybridized carbons (Fsp3) is 1.00. The van der Waals surface area contributed by atoms with E-state index < -0.39 is 0 Å². The van der Waals surface area contributed by atoms with Gasteiger partial charge in [0.2, 0.25) is 0 Å². The van der Waals surface area contributed by atoms with Crippen LogP contribution in [0.1, 0.15) is 58.8 Å². The molecule has 4 atom stereocenters. The van der Waals surface area contributed by atoms with E-state index >= 15 is 0 Å². The first kappa shape index (κ1) is 13.8. The summed E-state index contributed by atoms with van der Waals surface area (Å²) in [5, 5.41) is 3.69. The zero-order valence-corrected chi connectivity index (χ0v) is 12.6. The van der Waals surface area contributed by atoms with E-state index in [0.717, 1.165) is 37.3 Å². The topological polar surface area (TPSA) is 24.5 Å². The van der Waals surface area contributed by atoms with Crippen molar-refractivity contribution >= 4 is 0 Å². The third-order valence-electron chi connectivity index (χ3n) is 5.40. The molecule has 1 N–H and O–H groups in total. The minimum Gasteiger partial charge on any atom is -0.378 e. The van der Waals surface area contributed by atoms with Gasteiger partial charge in [0.05, 0.1) is 6.10 Å². The first-order valence-electron chi connectivity index (χ1n) is 8.40. The third-order valence-corrected chi connectivity index (χ3v) is 5.40. The fourth-order valence-electron chi connectivity index (χ4n) is 4.71. The average molecular weight is 266 g/mol. The molecule has 0 aromatic rings. The van der Waals surface area contributed by atoms with Gasteiger partial charge in [-0.25, -0.2) is 0 Å². The maximum absolute atomic E-state index is 5.74. The largest absolute Gasteiger partial charge is 0.378 e. The molecule has 4 unspecified atom stereocenters. The SMILES string of the molecule is CCNC1CC2CCCC(C1)N2C1CCOC(C)C1. The summed E-state index contributed by atoms with van der Waals surface area (Å²) in [4.78, 5) is 2.91. The van der Waals surface area contributed by atoms with Gasteiger partial charge in [0.1, 0.15) is 0 Å². The Balaban J connectivity index is 1.68. The summed E-state index contributed by atoms with van der Waals surface area (Å²) in [5.74, 6) is 0. The summed E-state index contributed by atoms with van der Waals surface area (Å²) in [6.45, 7) is 6.58. The molecule has 0 saturated carbocycles. The van der Waals surface area contributed by atoms with Crippen LogP contribution in [-0.4, -0.2) is 48.3 Å². The summed E-state index contributed by atoms with van der Waals surface area (Å²) in [6, 6.07) is 3.24. The van der Waals surface area contributed by atoms with E-state index in [9.17, 15) is 0 Å². The van der Waals surface area contributed by atoms with E-state index in [0.29, 0.717) is 6.10 Å². The molecule has 19 heavy (non-hydrogen) atoms. The summed E-state index contributed by atoms with van der Waals surface area (Å²) in [7, 11) is 0. The Morgan fingerprint density at radius 3 is 2.37 bits per heavy atom. The lowest BCUT2D eigenvalue weighted by molar-refractivity contribution is -0.0725. The van der Waals surface area contributed by atoms with Crippen LogP contribution in [0.4, 0.5) is 0 Å². The van der Waals surface area contributed by atoms with Crippen molar-refractivity contribution in [3.8, 4) is 0 Å². The highest BCUT2D eigenvalue weighted by atomic mass is 16.5. The molecular weight excluding hydrogens is 236 g/mol. The molecule has 0 aromatic carbocycles. The first-order chi connectivity index (χ1) is 9.28. The average Bonchev–Trinajstić information content (AvgIpc) is 2.38. The smallest absolute Gasteiger partial charge is 0.0561 e. The van der Waals surface area contributed by atoms with Crippen LogP contribution in [0.5, 0.6) is 0 Å². The molecule has 3 nitrogen and oxygen atoms in total. The molecule has 3 aliphatic rings. The predicted octanol–water partition coefficient (Wildman–Crippen LogP) is 2.55. The summed E-state index contributed by atoms with van der Waals surface area (Å²) < 4.78 is 5.74. The van der Waals surface area contributed by atoms with E-state index in [1.165, 1.54) is 44.9 Å². The maximum Gasteiger partial charge on any atom is 0.0561 e. The van der Waals surface area contributed by atoms with Gasteiger partial charge in [-0.2, -0.15) is 0 Å². The second-order valence-corrected chi connectivity index (χ2v) is 6.77. The van der Waals surface area contributed by atoms with Crippen molar-refractivity contribution in [2.75, 3.05) is 13.2 Å². The van der Waals surface area contributed by atoms with Crippen molar-refractivity contribution in [1.29, 1.82) is 0 Å². The van der Waals surface area contributed by atoms with Crippen molar-refractivity contribution in [3.05, 3.63) is 0 Å². The molecule has 3 saturated heterocycles. The van der Waals surface area contributed by atoms with Crippen LogP contribution < -0.4 is 5.32 Å². The van der Waals surface area contributed by atoms with Crippen molar-refractivity contribution in [1.82, 2.24) is 10.2 Å². The number of piperidine rings is 2. The van der Waals surface area contributed by atoms with Crippen molar-refractivity contribution < 1.29 is 4.74 Å². The van der Waals surface area contributed by atoms with Gasteiger partial charge in [-0.15, -0.1) is 0 Å². The van der Waals surface area contributed by atoms with Crippen LogP contribution in [0.25, 0.3) is 0 Å². The van der Waals surface area contributed by atoms with E-state index in [1.54, 1.807) is 0 Å². The molecule has 110 valence electrons. The van der Waals surface area contributed by atoms with Gasteiger partial charge in [0.15, 0.2) is 0 Å². The molecule has 2 bridgehead atoms. The Morgan fingerprint density at radius 2 is 1.74 bits per heavy atom. The number of rotatable bonds is 3. The summed E-state index contributed by atoms with van der Waals surface area (Å²) in [6.07, 6.45) is 10.00. The predicted molar refractivity (Wildman–Crippen MR) is 78.4 cm³/mol. The number of fused-ring (bicyclic) bond motifs is 2. The Bertz CT molecular complexity index is 282. The molecule has 3 aliphatic heterocycles. The van der Waals surface area contributed by atoms with E-state index in [2.05, 4.69) is 24.1 Å². The molecule has 3 heteroatoms. The number of nitrogens with zero attached hydrogens (tertiary/aromatic N) is 1. The van der Waals surface area contributed by atoms with Crippen molar-refractivity contribution in [3.63, 3.8) is 0 Å². The highest BCUT2D eigenvalue weighted by Crippen LogP contribution is 2.38. The molecule has 0 aliphatic carbocycles. The Labute approximate surface area is 118 Å². The Kier molecular flexibility index (Phi) is 4.45. The molecule has 0 amide bonds. The molecular formula is C16H30N2O. The van der Waals surface area contributed by atoms with Gasteiger partial charge in [0.25, 0.3) is 0 Å². The van der Waals surface area contributed by atoms with Crippen LogP contribution in [0.2, 0.25) is 0 Å². The van der Waals surface area contributed by atoms with Crippen LogP contribution in [-0.2, 0) is 4.74 Å². The molecule has 0 spiro atoms. The standard InChI is InChI=1S/C16H30N2O/c1-3-17-13-10-14-5-4-6-15(11-13)18(14)16-7-8-19-12(2)9-16/h12-17H,3-11H2,1-2H3. The second kappa shape index (κ2) is 6.11. The Hall–Kier alpha value is -0.120. The van der Waals surface area contributed by atoms with Crippen molar-refractivity contribution in [2.45, 2.75) is 89.1 Å². The number of hydrogen-bond donors (Lipinski definition) is 1. The zero-order valence-electron chi connectivity index (χ0n) is 12.6. The fourth-order valence-corrected chi connectivity index (χ4v) is 4.71. The minimum atomic E-state index is 0.464. The van der Waals surface area contributed by atoms with Gasteiger partial charge >= 0.3 is 0 Å². The summed E-state index contributed by atoms with van der Waals surface area (Å²) in [5.41, 5.74) is 0. The van der Waals surface area contributed by atoms with E-state index in [-0.39, 0.29) is 0 Å². The van der Waals surface area contributed by atoms with Crippen molar-refractivity contribution in [2.24, 2.45) is 0 Å². The molecule has 3 fully saturated rings. The monoisotopic (exact) mass is 266 g/mol. The Morgan fingerprint density at radius 1 is 1.05 bits per heavy atom. The normalized spacial score (nSPS) is 44.2. The van der Waals surface area contributed by atoms with Gasteiger partial charge in [-0.1, -0.05) is 13.3 Å². The highest BCUT2D eigenvalue weighted by Gasteiger charge is 2.42. The van der Waals surface area contributed by atoms with Crippen LogP contribution in [0.15, 0.2) is 0 Å². The van der Waals surface area contributed by atoms with Gasteiger partial charge in [-0.05, 0) is 52.0 Å². The lowest BCUT2D eigenvalue weighted by Crippen LogP contribution is -2.60. The van der Waals surface area contributed by atoms with Crippen LogP contribution in [0.3, 0.4) is 0 Å². The van der Waals surface area contributed by atoms with E-state index in [1.807, 2.05) is 0 Å². The molecule has 3 rings (SSSR count). The lowest BCUT2D eigenvalue weighted by atomic mass is 9.79. The zero-order chi connectivity index (χ0) is 13.2. The number of nitrogens with one attached hydrogen (secondary N) is 1. The maximum atomic E-state index is 5.74. The second-order valence-electron chi connectivity index (χ2n) is 6.77. The van der Waals surface area contributed by atoms with E-state index in [4.69, 9.17) is 4.74 Å². The lowest BCUT2D eigenvalue weighted by Gasteiger charge is -2.53. The molecule has 0 aromatic heterocycles. The third kappa shape index (κ3) is 2.98. The van der Waals surface area contributed by atoms with Gasteiger partial charge < -0.3 is 10.1 Å². The summed E-state index contributed by atoms with van der Waals surface area (Å²) >= 11 is 0. The van der Waals surface area contributed by atoms with Crippen LogP contribution in [0, 0.1) is 0 Å². The number of ether oxygens (including phenoxy) is 1. The van der Waals surface area contributed by atoms with Crippen LogP contribution >= 0.6 is 0 Å². The minimum absolute atomic E-state index is 0.464. The number of hydrogen-bond acceptors (Lipinski definition) is 3.